The Kier molecular flexibility index (Phi) is 5.52. The normalized spacial score (nSPS) is 21.9. The number of nitrogens with one attached hydrogen (secondary N) is 3. The average molecular weight is 276 g/mol. The van der Waals surface area contributed by atoms with Crippen LogP contribution in [0.3, 0.4) is 0 Å². The summed E-state index contributed by atoms with van der Waals surface area (Å²) >= 11 is 0. The molecule has 0 aliphatic carbocycles. The molecule has 1 aliphatic rings. The third-order valence-electron chi connectivity index (χ3n) is 3.89. The fourth-order valence-electron chi connectivity index (χ4n) is 2.46. The summed E-state index contributed by atoms with van der Waals surface area (Å²) in [5.41, 5.74) is 13.6. The number of benzene rings is 1. The Bertz CT molecular complexity index is 432. The lowest BCUT2D eigenvalue weighted by Crippen LogP contribution is -2.29. The van der Waals surface area contributed by atoms with E-state index in [1.54, 1.807) is 0 Å². The molecule has 1 aromatic rings. The fourth-order valence-corrected chi connectivity index (χ4v) is 2.46. The quantitative estimate of drug-likeness (QED) is 0.579. The first kappa shape index (κ1) is 15.0. The molecule has 5 nitrogen and oxygen atoms in total. The van der Waals surface area contributed by atoms with E-state index < -0.39 is 0 Å². The average Bonchev–Trinajstić information content (AvgIpc) is 2.89. The molecule has 2 rings (SSSR count). The zero-order valence-corrected chi connectivity index (χ0v) is 12.0. The van der Waals surface area contributed by atoms with E-state index in [0.29, 0.717) is 24.1 Å². The molecule has 1 amide bonds. The zero-order chi connectivity index (χ0) is 14.4. The predicted molar refractivity (Wildman–Crippen MR) is 80.0 cm³/mol. The Labute approximate surface area is 120 Å². The molecule has 0 bridgehead atoms. The van der Waals surface area contributed by atoms with Gasteiger partial charge < -0.3 is 11.1 Å². The maximum absolute atomic E-state index is 11.9. The predicted octanol–water partition coefficient (Wildman–Crippen LogP) is 0.768. The molecule has 1 aromatic carbocycles. The van der Waals surface area contributed by atoms with E-state index in [9.17, 15) is 4.79 Å². The molecule has 0 spiro atoms. The smallest absolute Gasteiger partial charge is 0.251 e. The largest absolute Gasteiger partial charge is 0.352 e. The molecule has 1 saturated heterocycles. The summed E-state index contributed by atoms with van der Waals surface area (Å²) in [5.74, 6) is 0.639. The Morgan fingerprint density at radius 2 is 2.15 bits per heavy atom. The van der Waals surface area contributed by atoms with Gasteiger partial charge in [-0.3, -0.25) is 15.6 Å². The van der Waals surface area contributed by atoms with Gasteiger partial charge in [-0.25, -0.2) is 0 Å². The summed E-state index contributed by atoms with van der Waals surface area (Å²) in [4.78, 5) is 11.9. The van der Waals surface area contributed by atoms with E-state index in [0.717, 1.165) is 31.5 Å². The second kappa shape index (κ2) is 7.38. The van der Waals surface area contributed by atoms with Crippen molar-refractivity contribution in [3.8, 4) is 0 Å². The lowest BCUT2D eigenvalue weighted by Gasteiger charge is -2.13. The first-order chi connectivity index (χ1) is 9.70. The van der Waals surface area contributed by atoms with Crippen molar-refractivity contribution in [3.05, 3.63) is 35.4 Å². The first-order valence-corrected chi connectivity index (χ1v) is 7.26. The standard InChI is InChI=1S/C15H24N4O/c1-11-14(10-18-19-11)3-2-8-17-15(20)13-6-4-12(9-16)5-7-13/h4-7,11,14,18-19H,2-3,8-10,16H2,1H3,(H,17,20). The number of nitrogens with two attached hydrogens (primary N) is 1. The molecular formula is C15H24N4O. The number of carbonyl (C=O) groups excluding carboxylic acids is 1. The van der Waals surface area contributed by atoms with Crippen molar-refractivity contribution in [1.82, 2.24) is 16.2 Å². The monoisotopic (exact) mass is 276 g/mol. The lowest BCUT2D eigenvalue weighted by molar-refractivity contribution is 0.0952. The maximum atomic E-state index is 11.9. The molecule has 0 saturated carbocycles. The van der Waals surface area contributed by atoms with Crippen molar-refractivity contribution in [1.29, 1.82) is 0 Å². The van der Waals surface area contributed by atoms with Crippen LogP contribution in [-0.4, -0.2) is 25.0 Å². The lowest BCUT2D eigenvalue weighted by atomic mass is 9.98. The van der Waals surface area contributed by atoms with E-state index in [1.165, 1.54) is 0 Å². The van der Waals surface area contributed by atoms with Crippen LogP contribution in [0.25, 0.3) is 0 Å². The van der Waals surface area contributed by atoms with Crippen LogP contribution in [0, 0.1) is 5.92 Å². The fraction of sp³-hybridized carbons (Fsp3) is 0.533. The second-order valence-electron chi connectivity index (χ2n) is 5.37. The Hall–Kier alpha value is -1.43. The van der Waals surface area contributed by atoms with Crippen molar-refractivity contribution in [2.24, 2.45) is 11.7 Å². The highest BCUT2D eigenvalue weighted by atomic mass is 16.1. The van der Waals surface area contributed by atoms with E-state index >= 15 is 0 Å². The van der Waals surface area contributed by atoms with Gasteiger partial charge >= 0.3 is 0 Å². The molecule has 2 unspecified atom stereocenters. The molecule has 5 heteroatoms. The van der Waals surface area contributed by atoms with Crippen LogP contribution in [0.5, 0.6) is 0 Å². The Morgan fingerprint density at radius 1 is 1.40 bits per heavy atom. The van der Waals surface area contributed by atoms with Crippen LogP contribution >= 0.6 is 0 Å². The van der Waals surface area contributed by atoms with Gasteiger partial charge in [-0.15, -0.1) is 0 Å². The van der Waals surface area contributed by atoms with Crippen LogP contribution in [0.2, 0.25) is 0 Å². The van der Waals surface area contributed by atoms with Crippen molar-refractivity contribution in [3.63, 3.8) is 0 Å². The third kappa shape index (κ3) is 4.03. The van der Waals surface area contributed by atoms with Crippen molar-refractivity contribution >= 4 is 5.91 Å². The summed E-state index contributed by atoms with van der Waals surface area (Å²) in [6.45, 7) is 4.42. The Balaban J connectivity index is 1.69. The minimum atomic E-state index is -0.00991. The second-order valence-corrected chi connectivity index (χ2v) is 5.37. The summed E-state index contributed by atoms with van der Waals surface area (Å²) < 4.78 is 0. The summed E-state index contributed by atoms with van der Waals surface area (Å²) in [6, 6.07) is 7.95. The summed E-state index contributed by atoms with van der Waals surface area (Å²) in [6.07, 6.45) is 2.12. The van der Waals surface area contributed by atoms with Gasteiger partial charge in [0, 0.05) is 31.2 Å². The number of hydrogen-bond donors (Lipinski definition) is 4. The topological polar surface area (TPSA) is 79.2 Å². The molecule has 110 valence electrons. The first-order valence-electron chi connectivity index (χ1n) is 7.26. The SMILES string of the molecule is CC1NNCC1CCCNC(=O)c1ccc(CN)cc1. The molecule has 20 heavy (non-hydrogen) atoms. The minimum absolute atomic E-state index is 0.00991. The molecule has 1 aliphatic heterocycles. The van der Waals surface area contributed by atoms with Gasteiger partial charge in [0.05, 0.1) is 0 Å². The van der Waals surface area contributed by atoms with Crippen LogP contribution < -0.4 is 21.9 Å². The third-order valence-corrected chi connectivity index (χ3v) is 3.89. The number of hydrogen-bond acceptors (Lipinski definition) is 4. The summed E-state index contributed by atoms with van der Waals surface area (Å²) in [5, 5.41) is 2.96. The van der Waals surface area contributed by atoms with Crippen LogP contribution in [0.1, 0.15) is 35.7 Å². The highest BCUT2D eigenvalue weighted by Gasteiger charge is 2.21. The molecule has 1 fully saturated rings. The number of hydrazine groups is 1. The van der Waals surface area contributed by atoms with Gasteiger partial charge in [0.2, 0.25) is 0 Å². The zero-order valence-electron chi connectivity index (χ0n) is 12.0. The highest BCUT2D eigenvalue weighted by Crippen LogP contribution is 2.13. The maximum Gasteiger partial charge on any atom is 0.251 e. The van der Waals surface area contributed by atoms with Crippen LogP contribution in [0.4, 0.5) is 0 Å². The number of amides is 1. The van der Waals surface area contributed by atoms with Gasteiger partial charge in [0.1, 0.15) is 0 Å². The van der Waals surface area contributed by atoms with E-state index in [4.69, 9.17) is 5.73 Å². The molecule has 5 N–H and O–H groups in total. The van der Waals surface area contributed by atoms with Gasteiger partial charge in [-0.2, -0.15) is 0 Å². The summed E-state index contributed by atoms with van der Waals surface area (Å²) in [7, 11) is 0. The van der Waals surface area contributed by atoms with Crippen molar-refractivity contribution in [2.45, 2.75) is 32.4 Å². The van der Waals surface area contributed by atoms with Gasteiger partial charge in [0.25, 0.3) is 5.91 Å². The molecular weight excluding hydrogens is 252 g/mol. The van der Waals surface area contributed by atoms with E-state index in [2.05, 4.69) is 23.1 Å². The van der Waals surface area contributed by atoms with Crippen molar-refractivity contribution < 1.29 is 4.79 Å². The Morgan fingerprint density at radius 3 is 2.75 bits per heavy atom. The molecule has 0 aromatic heterocycles. The molecule has 1 heterocycles. The van der Waals surface area contributed by atoms with E-state index in [-0.39, 0.29) is 5.91 Å². The van der Waals surface area contributed by atoms with Crippen molar-refractivity contribution in [2.75, 3.05) is 13.1 Å². The van der Waals surface area contributed by atoms with Crippen LogP contribution in [-0.2, 0) is 6.54 Å². The van der Waals surface area contributed by atoms with Gasteiger partial charge in [-0.05, 0) is 43.4 Å². The molecule has 2 atom stereocenters. The number of carbonyl (C=O) groups is 1. The van der Waals surface area contributed by atoms with Gasteiger partial charge in [-0.1, -0.05) is 12.1 Å². The van der Waals surface area contributed by atoms with E-state index in [1.807, 2.05) is 24.3 Å². The minimum Gasteiger partial charge on any atom is -0.352 e. The van der Waals surface area contributed by atoms with Crippen LogP contribution in [0.15, 0.2) is 24.3 Å². The number of rotatable bonds is 6. The molecule has 0 radical (unpaired) electrons. The highest BCUT2D eigenvalue weighted by molar-refractivity contribution is 5.94. The van der Waals surface area contributed by atoms with Gasteiger partial charge in [0.15, 0.2) is 0 Å².